The number of primary amides is 1. The molecular formula is C25H35Cl2N7O. The van der Waals surface area contributed by atoms with Crippen molar-refractivity contribution in [2.24, 2.45) is 17.6 Å². The minimum atomic E-state index is -0.220. The van der Waals surface area contributed by atoms with Crippen LogP contribution in [0.2, 0.25) is 0 Å². The second-order valence-corrected chi connectivity index (χ2v) is 10.5. The summed E-state index contributed by atoms with van der Waals surface area (Å²) in [5.74, 6) is 2.38. The first-order chi connectivity index (χ1) is 16.9. The Balaban J connectivity index is 1.39. The number of hydrogen-bond acceptors (Lipinski definition) is 6. The van der Waals surface area contributed by atoms with E-state index in [1.807, 2.05) is 30.0 Å². The van der Waals surface area contributed by atoms with Crippen LogP contribution in [-0.2, 0) is 4.79 Å². The van der Waals surface area contributed by atoms with Crippen molar-refractivity contribution in [1.29, 1.82) is 0 Å². The Morgan fingerprint density at radius 1 is 1.31 bits per heavy atom. The molecule has 4 rings (SSSR count). The quantitative estimate of drug-likeness (QED) is 0.376. The monoisotopic (exact) mass is 519 g/mol. The average molecular weight is 521 g/mol. The Labute approximate surface area is 217 Å². The number of aryl methyl sites for hydroxylation is 1. The van der Waals surface area contributed by atoms with Crippen LogP contribution in [0.4, 0.5) is 5.82 Å². The van der Waals surface area contributed by atoms with E-state index in [-0.39, 0.29) is 11.9 Å². The van der Waals surface area contributed by atoms with E-state index in [0.717, 1.165) is 61.8 Å². The number of alkyl halides is 1. The highest BCUT2D eigenvalue weighted by molar-refractivity contribution is 6.31. The molecule has 0 saturated carbocycles. The maximum absolute atomic E-state index is 11.1. The van der Waals surface area contributed by atoms with Crippen LogP contribution >= 0.6 is 23.2 Å². The molecule has 190 valence electrons. The normalized spacial score (nSPS) is 21.1. The zero-order valence-corrected chi connectivity index (χ0v) is 22.0. The number of fused-ring (bicyclic) bond motifs is 1. The number of amides is 1. The van der Waals surface area contributed by atoms with Gasteiger partial charge in [-0.1, -0.05) is 23.8 Å². The predicted molar refractivity (Wildman–Crippen MR) is 142 cm³/mol. The van der Waals surface area contributed by atoms with E-state index in [2.05, 4.69) is 16.7 Å². The van der Waals surface area contributed by atoms with Gasteiger partial charge in [-0.2, -0.15) is 5.10 Å². The third-order valence-electron chi connectivity index (χ3n) is 7.12. The van der Waals surface area contributed by atoms with E-state index in [4.69, 9.17) is 44.0 Å². The second-order valence-electron chi connectivity index (χ2n) is 9.75. The first kappa shape index (κ1) is 25.9. The third-order valence-corrected chi connectivity index (χ3v) is 7.55. The van der Waals surface area contributed by atoms with Crippen LogP contribution in [0, 0.1) is 18.8 Å². The third kappa shape index (κ3) is 6.35. The summed E-state index contributed by atoms with van der Waals surface area (Å²) in [6, 6.07) is 0.116. The predicted octanol–water partition coefficient (Wildman–Crippen LogP) is 4.03. The van der Waals surface area contributed by atoms with Crippen molar-refractivity contribution in [3.63, 3.8) is 0 Å². The van der Waals surface area contributed by atoms with E-state index < -0.39 is 0 Å². The van der Waals surface area contributed by atoms with E-state index >= 15 is 0 Å². The molecule has 35 heavy (non-hydrogen) atoms. The molecule has 4 heterocycles. The zero-order chi connectivity index (χ0) is 24.9. The van der Waals surface area contributed by atoms with E-state index in [0.29, 0.717) is 29.2 Å². The first-order valence-corrected chi connectivity index (χ1v) is 13.3. The van der Waals surface area contributed by atoms with Crippen LogP contribution in [0.5, 0.6) is 0 Å². The molecule has 8 nitrogen and oxygen atoms in total. The Morgan fingerprint density at radius 2 is 2.11 bits per heavy atom. The van der Waals surface area contributed by atoms with Crippen LogP contribution in [0.3, 0.4) is 0 Å². The van der Waals surface area contributed by atoms with Gasteiger partial charge in [0, 0.05) is 43.5 Å². The lowest BCUT2D eigenvalue weighted by Gasteiger charge is -2.47. The number of rotatable bonds is 10. The fourth-order valence-electron chi connectivity index (χ4n) is 5.07. The van der Waals surface area contributed by atoms with Gasteiger partial charge in [-0.25, -0.2) is 14.6 Å². The lowest BCUT2D eigenvalue weighted by atomic mass is 9.80. The van der Waals surface area contributed by atoms with Gasteiger partial charge in [0.25, 0.3) is 0 Å². The van der Waals surface area contributed by atoms with Crippen molar-refractivity contribution in [3.05, 3.63) is 35.2 Å². The van der Waals surface area contributed by atoms with Crippen LogP contribution < -0.4 is 10.6 Å². The van der Waals surface area contributed by atoms with Gasteiger partial charge in [0.2, 0.25) is 5.91 Å². The van der Waals surface area contributed by atoms with E-state index in [1.165, 1.54) is 12.8 Å². The molecule has 2 aromatic rings. The molecule has 0 aliphatic carbocycles. The van der Waals surface area contributed by atoms with Gasteiger partial charge in [-0.15, -0.1) is 11.6 Å². The van der Waals surface area contributed by atoms with Gasteiger partial charge < -0.3 is 15.5 Å². The van der Waals surface area contributed by atoms with Crippen molar-refractivity contribution < 1.29 is 4.79 Å². The van der Waals surface area contributed by atoms with Crippen molar-refractivity contribution >= 4 is 46.1 Å². The molecular weight excluding hydrogens is 485 g/mol. The van der Waals surface area contributed by atoms with Gasteiger partial charge in [0.05, 0.1) is 17.9 Å². The molecule has 2 aliphatic heterocycles. The van der Waals surface area contributed by atoms with Crippen LogP contribution in [0.1, 0.15) is 44.3 Å². The number of anilines is 1. The van der Waals surface area contributed by atoms with Crippen molar-refractivity contribution in [3.8, 4) is 0 Å². The average Bonchev–Trinajstić information content (AvgIpc) is 3.13. The van der Waals surface area contributed by atoms with Crippen LogP contribution in [0.15, 0.2) is 29.5 Å². The molecule has 2 unspecified atom stereocenters. The summed E-state index contributed by atoms with van der Waals surface area (Å²) >= 11 is 11.8. The molecule has 10 heteroatoms. The van der Waals surface area contributed by atoms with Crippen LogP contribution in [0.25, 0.3) is 11.2 Å². The van der Waals surface area contributed by atoms with Crippen LogP contribution in [-0.4, -0.2) is 69.2 Å². The first-order valence-electron chi connectivity index (χ1n) is 12.4. The SMILES string of the molecule is Cc1nn(C(C)C/C=C\C(Cl)=C/CCl)c2nc(N3CC(C4CCCN(CCC(N)=O)C4)C3)cnc12. The minimum Gasteiger partial charge on any atom is -0.370 e. The largest absolute Gasteiger partial charge is 0.370 e. The zero-order valence-electron chi connectivity index (χ0n) is 20.5. The number of aromatic nitrogens is 4. The number of carbonyl (C=O) groups is 1. The summed E-state index contributed by atoms with van der Waals surface area (Å²) in [5, 5.41) is 5.36. The molecule has 0 aromatic carbocycles. The Bertz CT molecular complexity index is 1090. The Morgan fingerprint density at radius 3 is 2.86 bits per heavy atom. The molecule has 2 saturated heterocycles. The standard InChI is InChI=1S/C25H35Cl2N7O/c1-17(5-3-7-21(27)8-10-26)34-25-24(18(2)31-34)29-13-23(30-25)33-15-20(16-33)19-6-4-11-32(14-19)12-9-22(28)35/h3,7-8,13,17,19-20H,4-6,9-12,14-16H2,1-2H3,(H2,28,35)/b7-3-,21-8+. The number of allylic oxidation sites excluding steroid dienone is 4. The summed E-state index contributed by atoms with van der Waals surface area (Å²) < 4.78 is 1.97. The highest BCUT2D eigenvalue weighted by Gasteiger charge is 2.36. The number of hydrogen-bond donors (Lipinski definition) is 1. The highest BCUT2D eigenvalue weighted by atomic mass is 35.5. The number of nitrogens with two attached hydrogens (primary N) is 1. The fraction of sp³-hybridized carbons (Fsp3) is 0.600. The maximum Gasteiger partial charge on any atom is 0.218 e. The maximum atomic E-state index is 11.1. The van der Waals surface area contributed by atoms with E-state index in [9.17, 15) is 4.79 Å². The van der Waals surface area contributed by atoms with Gasteiger partial charge in [0.1, 0.15) is 11.3 Å². The molecule has 2 atom stereocenters. The molecule has 0 spiro atoms. The minimum absolute atomic E-state index is 0.116. The van der Waals surface area contributed by atoms with Crippen molar-refractivity contribution in [2.45, 2.75) is 45.6 Å². The van der Waals surface area contributed by atoms with Crippen molar-refractivity contribution in [2.75, 3.05) is 43.5 Å². The van der Waals surface area contributed by atoms with Gasteiger partial charge >= 0.3 is 0 Å². The fourth-order valence-corrected chi connectivity index (χ4v) is 5.48. The molecule has 2 N–H and O–H groups in total. The number of likely N-dealkylation sites (tertiary alicyclic amines) is 1. The molecule has 0 radical (unpaired) electrons. The lowest BCUT2D eigenvalue weighted by Crippen LogP contribution is -2.54. The summed E-state index contributed by atoms with van der Waals surface area (Å²) in [4.78, 5) is 25.5. The molecule has 2 fully saturated rings. The Kier molecular flexibility index (Phi) is 8.68. The van der Waals surface area contributed by atoms with Crippen molar-refractivity contribution in [1.82, 2.24) is 24.6 Å². The van der Waals surface area contributed by atoms with Gasteiger partial charge in [0.15, 0.2) is 5.65 Å². The molecule has 1 amide bonds. The number of piperidine rings is 1. The summed E-state index contributed by atoms with van der Waals surface area (Å²) in [6.07, 6.45) is 11.2. The highest BCUT2D eigenvalue weighted by Crippen LogP contribution is 2.34. The topological polar surface area (TPSA) is 93.2 Å². The molecule has 0 bridgehead atoms. The number of carbonyl (C=O) groups excluding carboxylic acids is 1. The number of halogens is 2. The second kappa shape index (κ2) is 11.7. The number of nitrogens with zero attached hydrogens (tertiary/aromatic N) is 6. The summed E-state index contributed by atoms with van der Waals surface area (Å²) in [6.45, 7) is 8.97. The Hall–Kier alpha value is -2.16. The van der Waals surface area contributed by atoms with Gasteiger partial charge in [-0.3, -0.25) is 4.79 Å². The van der Waals surface area contributed by atoms with E-state index in [1.54, 1.807) is 6.08 Å². The smallest absolute Gasteiger partial charge is 0.218 e. The summed E-state index contributed by atoms with van der Waals surface area (Å²) in [5.41, 5.74) is 7.89. The lowest BCUT2D eigenvalue weighted by molar-refractivity contribution is -0.118. The van der Waals surface area contributed by atoms with Gasteiger partial charge in [-0.05, 0) is 57.6 Å². The molecule has 2 aliphatic rings. The molecule has 2 aromatic heterocycles. The summed E-state index contributed by atoms with van der Waals surface area (Å²) in [7, 11) is 0.